The van der Waals surface area contributed by atoms with Gasteiger partial charge in [-0.05, 0) is 49.8 Å². The monoisotopic (exact) mass is 403 g/mol. The van der Waals surface area contributed by atoms with E-state index in [0.29, 0.717) is 23.9 Å². The highest BCUT2D eigenvalue weighted by molar-refractivity contribution is 6.30. The van der Waals surface area contributed by atoms with Crippen LogP contribution >= 0.6 is 11.6 Å². The van der Waals surface area contributed by atoms with Gasteiger partial charge in [-0.25, -0.2) is 9.67 Å². The number of benzene rings is 1. The lowest BCUT2D eigenvalue weighted by molar-refractivity contribution is -0.136. The summed E-state index contributed by atoms with van der Waals surface area (Å²) in [6, 6.07) is 7.16. The zero-order valence-electron chi connectivity index (χ0n) is 16.1. The van der Waals surface area contributed by atoms with E-state index in [2.05, 4.69) is 15.4 Å². The van der Waals surface area contributed by atoms with Crippen molar-refractivity contribution in [1.82, 2.24) is 25.0 Å². The molecule has 1 aliphatic rings. The number of likely N-dealkylation sites (tertiary alicyclic amines) is 1. The quantitative estimate of drug-likeness (QED) is 0.770. The van der Waals surface area contributed by atoms with Crippen molar-refractivity contribution in [3.63, 3.8) is 0 Å². The van der Waals surface area contributed by atoms with Crippen LogP contribution in [0.15, 0.2) is 36.9 Å². The van der Waals surface area contributed by atoms with Gasteiger partial charge in [0.15, 0.2) is 0 Å². The molecule has 7 nitrogen and oxygen atoms in total. The molecule has 0 radical (unpaired) electrons. The van der Waals surface area contributed by atoms with Crippen molar-refractivity contribution in [1.29, 1.82) is 0 Å². The minimum atomic E-state index is -0.337. The second-order valence-corrected chi connectivity index (χ2v) is 7.70. The third-order valence-corrected chi connectivity index (χ3v) is 5.51. The third-order valence-electron chi connectivity index (χ3n) is 5.28. The van der Waals surface area contributed by atoms with Crippen LogP contribution in [0.5, 0.6) is 0 Å². The molecule has 2 amide bonds. The van der Waals surface area contributed by atoms with Gasteiger partial charge in [-0.2, -0.15) is 5.10 Å². The van der Waals surface area contributed by atoms with Crippen LogP contribution in [-0.4, -0.2) is 44.6 Å². The Labute approximate surface area is 170 Å². The number of piperidine rings is 1. The van der Waals surface area contributed by atoms with Crippen LogP contribution in [0.2, 0.25) is 5.02 Å². The minimum absolute atomic E-state index is 0.0540. The average molecular weight is 404 g/mol. The summed E-state index contributed by atoms with van der Waals surface area (Å²) in [5.41, 5.74) is 0.995. The smallest absolute Gasteiger partial charge is 0.247 e. The van der Waals surface area contributed by atoms with E-state index in [4.69, 9.17) is 11.6 Å². The Morgan fingerprint density at radius 2 is 2.11 bits per heavy atom. The van der Waals surface area contributed by atoms with Crippen LogP contribution in [0.1, 0.15) is 44.2 Å². The molecule has 1 unspecified atom stereocenters. The molecule has 0 spiro atoms. The van der Waals surface area contributed by atoms with Crippen molar-refractivity contribution in [3.05, 3.63) is 47.5 Å². The van der Waals surface area contributed by atoms with Crippen LogP contribution in [0, 0.1) is 5.92 Å². The SMILES string of the molecule is CC(C(=O)N1CCC(CCC(=O)NCc2cccc(Cl)c2)CC1)n1cncn1. The molecule has 1 saturated heterocycles. The molecule has 8 heteroatoms. The van der Waals surface area contributed by atoms with Crippen molar-refractivity contribution in [2.75, 3.05) is 13.1 Å². The molecule has 150 valence electrons. The first kappa shape index (κ1) is 20.3. The highest BCUT2D eigenvalue weighted by Gasteiger charge is 2.27. The molecule has 0 aliphatic carbocycles. The molecule has 28 heavy (non-hydrogen) atoms. The Bertz CT molecular complexity index is 788. The van der Waals surface area contributed by atoms with Crippen molar-refractivity contribution < 1.29 is 9.59 Å². The number of carbonyl (C=O) groups is 2. The van der Waals surface area contributed by atoms with E-state index in [1.54, 1.807) is 11.0 Å². The first-order chi connectivity index (χ1) is 13.5. The predicted molar refractivity (Wildman–Crippen MR) is 107 cm³/mol. The highest BCUT2D eigenvalue weighted by Crippen LogP contribution is 2.23. The number of amides is 2. The standard InChI is InChI=1S/C20H26ClN5O2/c1-15(26-14-22-13-24-26)20(28)25-9-7-16(8-10-25)5-6-19(27)23-12-17-3-2-4-18(21)11-17/h2-4,11,13-16H,5-10,12H2,1H3,(H,23,27). The molecule has 1 fully saturated rings. The molecule has 1 aromatic carbocycles. The van der Waals surface area contributed by atoms with Crippen LogP contribution in [0.4, 0.5) is 0 Å². The summed E-state index contributed by atoms with van der Waals surface area (Å²) in [6.07, 6.45) is 6.22. The summed E-state index contributed by atoms with van der Waals surface area (Å²) < 4.78 is 1.58. The summed E-state index contributed by atoms with van der Waals surface area (Å²) in [7, 11) is 0. The summed E-state index contributed by atoms with van der Waals surface area (Å²) in [5.74, 6) is 0.601. The van der Waals surface area contributed by atoms with E-state index in [-0.39, 0.29) is 17.9 Å². The largest absolute Gasteiger partial charge is 0.352 e. The average Bonchev–Trinajstić information content (AvgIpc) is 3.25. The molecule has 1 aromatic heterocycles. The lowest BCUT2D eigenvalue weighted by atomic mass is 9.91. The Morgan fingerprint density at radius 1 is 1.32 bits per heavy atom. The van der Waals surface area contributed by atoms with Gasteiger partial charge < -0.3 is 10.2 Å². The Balaban J connectivity index is 1.36. The van der Waals surface area contributed by atoms with E-state index in [1.165, 1.54) is 6.33 Å². The Kier molecular flexibility index (Phi) is 7.03. The molecule has 0 bridgehead atoms. The number of hydrogen-bond acceptors (Lipinski definition) is 4. The zero-order chi connectivity index (χ0) is 19.9. The van der Waals surface area contributed by atoms with Gasteiger partial charge in [-0.1, -0.05) is 23.7 Å². The van der Waals surface area contributed by atoms with Gasteiger partial charge in [0.05, 0.1) is 0 Å². The summed E-state index contributed by atoms with van der Waals surface area (Å²) in [6.45, 7) is 3.79. The number of nitrogens with one attached hydrogen (secondary N) is 1. The zero-order valence-corrected chi connectivity index (χ0v) is 16.8. The fraction of sp³-hybridized carbons (Fsp3) is 0.500. The van der Waals surface area contributed by atoms with Crippen molar-refractivity contribution in [2.45, 2.75) is 45.2 Å². The second-order valence-electron chi connectivity index (χ2n) is 7.27. The maximum atomic E-state index is 12.6. The molecule has 0 saturated carbocycles. The van der Waals surface area contributed by atoms with Gasteiger partial charge in [0, 0.05) is 31.1 Å². The third kappa shape index (κ3) is 5.55. The summed E-state index contributed by atoms with van der Waals surface area (Å²) >= 11 is 5.96. The van der Waals surface area contributed by atoms with Gasteiger partial charge in [-0.15, -0.1) is 0 Å². The van der Waals surface area contributed by atoms with Crippen LogP contribution in [0.3, 0.4) is 0 Å². The van der Waals surface area contributed by atoms with Crippen LogP contribution < -0.4 is 5.32 Å². The molecule has 1 atom stereocenters. The van der Waals surface area contributed by atoms with Crippen LogP contribution in [0.25, 0.3) is 0 Å². The Hall–Kier alpha value is -2.41. The molecule has 2 heterocycles. The topological polar surface area (TPSA) is 80.1 Å². The first-order valence-corrected chi connectivity index (χ1v) is 10.0. The van der Waals surface area contributed by atoms with Gasteiger partial charge >= 0.3 is 0 Å². The van der Waals surface area contributed by atoms with Gasteiger partial charge in [0.2, 0.25) is 11.8 Å². The fourth-order valence-corrected chi connectivity index (χ4v) is 3.72. The molecule has 2 aromatic rings. The Morgan fingerprint density at radius 3 is 2.79 bits per heavy atom. The number of halogens is 1. The normalized spacial score (nSPS) is 16.0. The maximum absolute atomic E-state index is 12.6. The van der Waals surface area contributed by atoms with Crippen molar-refractivity contribution >= 4 is 23.4 Å². The summed E-state index contributed by atoms with van der Waals surface area (Å²) in [5, 5.41) is 7.66. The molecule has 1 N–H and O–H groups in total. The maximum Gasteiger partial charge on any atom is 0.247 e. The lowest BCUT2D eigenvalue weighted by Crippen LogP contribution is -2.42. The number of hydrogen-bond donors (Lipinski definition) is 1. The second kappa shape index (κ2) is 9.68. The van der Waals surface area contributed by atoms with Gasteiger partial charge in [0.25, 0.3) is 0 Å². The van der Waals surface area contributed by atoms with Gasteiger partial charge in [0.1, 0.15) is 18.7 Å². The number of nitrogens with zero attached hydrogens (tertiary/aromatic N) is 4. The number of aromatic nitrogens is 3. The van der Waals surface area contributed by atoms with Crippen molar-refractivity contribution in [3.8, 4) is 0 Å². The minimum Gasteiger partial charge on any atom is -0.352 e. The van der Waals surface area contributed by atoms with E-state index < -0.39 is 0 Å². The molecule has 3 rings (SSSR count). The fourth-order valence-electron chi connectivity index (χ4n) is 3.51. The number of carbonyl (C=O) groups excluding carboxylic acids is 2. The van der Waals surface area contributed by atoms with Crippen molar-refractivity contribution in [2.24, 2.45) is 5.92 Å². The molecular formula is C20H26ClN5O2. The summed E-state index contributed by atoms with van der Waals surface area (Å²) in [4.78, 5) is 30.5. The van der Waals surface area contributed by atoms with Gasteiger partial charge in [-0.3, -0.25) is 9.59 Å². The van der Waals surface area contributed by atoms with E-state index >= 15 is 0 Å². The van der Waals surface area contributed by atoms with E-state index in [9.17, 15) is 9.59 Å². The predicted octanol–water partition coefficient (Wildman–Crippen LogP) is 2.83. The van der Waals surface area contributed by atoms with Crippen LogP contribution in [-0.2, 0) is 16.1 Å². The number of rotatable bonds is 7. The molecule has 1 aliphatic heterocycles. The lowest BCUT2D eigenvalue weighted by Gasteiger charge is -2.33. The van der Waals surface area contributed by atoms with E-state index in [0.717, 1.165) is 37.9 Å². The molecular weight excluding hydrogens is 378 g/mol. The highest BCUT2D eigenvalue weighted by atomic mass is 35.5. The first-order valence-electron chi connectivity index (χ1n) is 9.67. The van der Waals surface area contributed by atoms with E-state index in [1.807, 2.05) is 36.1 Å².